The molecule has 1 N–H and O–H groups in total. The van der Waals surface area contributed by atoms with E-state index >= 15 is 0 Å². The van der Waals surface area contributed by atoms with Crippen molar-refractivity contribution in [3.63, 3.8) is 0 Å². The van der Waals surface area contributed by atoms with Crippen LogP contribution in [-0.4, -0.2) is 35.4 Å². The molecule has 0 spiro atoms. The minimum Gasteiger partial charge on any atom is -0.339 e. The summed E-state index contributed by atoms with van der Waals surface area (Å²) in [5.41, 5.74) is 0.927. The number of pyridine rings is 1. The van der Waals surface area contributed by atoms with E-state index in [0.717, 1.165) is 25.1 Å². The Morgan fingerprint density at radius 1 is 1.62 bits per heavy atom. The molecule has 1 aliphatic heterocycles. The summed E-state index contributed by atoms with van der Waals surface area (Å²) in [5.74, 6) is 0.170. The number of hydrogen-bond donors (Lipinski definition) is 1. The maximum Gasteiger partial charge on any atom is 0.239 e. The van der Waals surface area contributed by atoms with Gasteiger partial charge < -0.3 is 10.2 Å². The van der Waals surface area contributed by atoms with E-state index in [9.17, 15) is 4.79 Å². The highest BCUT2D eigenvalue weighted by atomic mass is 16.2. The number of nitrogens with zero attached hydrogens (tertiary/aromatic N) is 2. The average molecular weight is 219 g/mol. The highest BCUT2D eigenvalue weighted by Crippen LogP contribution is 2.09. The third-order valence-electron chi connectivity index (χ3n) is 2.86. The highest BCUT2D eigenvalue weighted by Gasteiger charge is 2.24. The Bertz CT molecular complexity index is 347. The Morgan fingerprint density at radius 2 is 2.50 bits per heavy atom. The number of nitrogens with one attached hydrogen (secondary N) is 1. The third kappa shape index (κ3) is 2.58. The molecule has 2 heterocycles. The minimum absolute atomic E-state index is 0.00807. The van der Waals surface area contributed by atoms with E-state index in [0.29, 0.717) is 6.54 Å². The van der Waals surface area contributed by atoms with Crippen LogP contribution in [0, 0.1) is 0 Å². The Balaban J connectivity index is 1.92. The molecule has 1 amide bonds. The maximum atomic E-state index is 12.0. The van der Waals surface area contributed by atoms with Gasteiger partial charge in [0.05, 0.1) is 18.3 Å². The molecule has 16 heavy (non-hydrogen) atoms. The molecular formula is C12H17N3O. The summed E-state index contributed by atoms with van der Waals surface area (Å²) in [5, 5.41) is 3.21. The summed E-state index contributed by atoms with van der Waals surface area (Å²) in [6.45, 7) is 1.53. The van der Waals surface area contributed by atoms with Gasteiger partial charge in [0.1, 0.15) is 0 Å². The topological polar surface area (TPSA) is 45.2 Å². The summed E-state index contributed by atoms with van der Waals surface area (Å²) in [6, 6.07) is 5.76. The number of carbonyl (C=O) groups excluding carboxylic acids is 1. The van der Waals surface area contributed by atoms with Crippen molar-refractivity contribution < 1.29 is 4.79 Å². The van der Waals surface area contributed by atoms with E-state index in [1.54, 1.807) is 11.1 Å². The molecule has 4 heteroatoms. The van der Waals surface area contributed by atoms with E-state index in [2.05, 4.69) is 10.3 Å². The van der Waals surface area contributed by atoms with Crippen molar-refractivity contribution in [1.29, 1.82) is 0 Å². The van der Waals surface area contributed by atoms with E-state index in [-0.39, 0.29) is 11.9 Å². The maximum absolute atomic E-state index is 12.0. The molecular weight excluding hydrogens is 202 g/mol. The number of rotatable bonds is 3. The van der Waals surface area contributed by atoms with E-state index < -0.39 is 0 Å². The first-order valence-electron chi connectivity index (χ1n) is 5.65. The molecule has 1 unspecified atom stereocenters. The first-order valence-corrected chi connectivity index (χ1v) is 5.65. The van der Waals surface area contributed by atoms with Crippen LogP contribution in [0.4, 0.5) is 0 Å². The normalized spacial score (nSPS) is 19.7. The zero-order valence-electron chi connectivity index (χ0n) is 9.52. The molecule has 1 aromatic rings. The van der Waals surface area contributed by atoms with E-state index in [1.807, 2.05) is 25.2 Å². The van der Waals surface area contributed by atoms with Gasteiger partial charge in [-0.1, -0.05) is 6.07 Å². The third-order valence-corrected chi connectivity index (χ3v) is 2.86. The standard InChI is InChI=1S/C12H17N3O/c1-15(9-10-5-2-3-7-13-10)12(16)11-6-4-8-14-11/h2-3,5,7,11,14H,4,6,8-9H2,1H3. The van der Waals surface area contributed by atoms with Crippen LogP contribution in [0.25, 0.3) is 0 Å². The molecule has 0 radical (unpaired) electrons. The molecule has 86 valence electrons. The summed E-state index contributed by atoms with van der Waals surface area (Å²) < 4.78 is 0. The van der Waals surface area contributed by atoms with Crippen LogP contribution < -0.4 is 5.32 Å². The molecule has 0 aromatic carbocycles. The fourth-order valence-corrected chi connectivity index (χ4v) is 1.97. The fourth-order valence-electron chi connectivity index (χ4n) is 1.97. The summed E-state index contributed by atoms with van der Waals surface area (Å²) in [4.78, 5) is 17.9. The van der Waals surface area contributed by atoms with Gasteiger partial charge in [-0.2, -0.15) is 0 Å². The van der Waals surface area contributed by atoms with Crippen molar-refractivity contribution in [2.24, 2.45) is 0 Å². The van der Waals surface area contributed by atoms with E-state index in [1.165, 1.54) is 0 Å². The van der Waals surface area contributed by atoms with Crippen LogP contribution in [0.2, 0.25) is 0 Å². The van der Waals surface area contributed by atoms with Crippen molar-refractivity contribution in [2.45, 2.75) is 25.4 Å². The Hall–Kier alpha value is -1.42. The number of hydrogen-bond acceptors (Lipinski definition) is 3. The molecule has 1 aliphatic rings. The average Bonchev–Trinajstić information content (AvgIpc) is 2.83. The molecule has 4 nitrogen and oxygen atoms in total. The largest absolute Gasteiger partial charge is 0.339 e. The number of likely N-dealkylation sites (N-methyl/N-ethyl adjacent to an activating group) is 1. The molecule has 0 aliphatic carbocycles. The molecule has 0 bridgehead atoms. The van der Waals surface area contributed by atoms with Gasteiger partial charge in [-0.15, -0.1) is 0 Å². The lowest BCUT2D eigenvalue weighted by Gasteiger charge is -2.20. The molecule has 1 fully saturated rings. The second-order valence-electron chi connectivity index (χ2n) is 4.16. The number of amides is 1. The van der Waals surface area contributed by atoms with Gasteiger partial charge >= 0.3 is 0 Å². The van der Waals surface area contributed by atoms with Crippen LogP contribution in [0.1, 0.15) is 18.5 Å². The second kappa shape index (κ2) is 5.07. The first kappa shape index (κ1) is 11.1. The van der Waals surface area contributed by atoms with Gasteiger partial charge in [-0.25, -0.2) is 0 Å². The summed E-state index contributed by atoms with van der Waals surface area (Å²) in [7, 11) is 1.83. The molecule has 2 rings (SSSR count). The van der Waals surface area contributed by atoms with Crippen LogP contribution in [0.5, 0.6) is 0 Å². The Morgan fingerprint density at radius 3 is 3.12 bits per heavy atom. The van der Waals surface area contributed by atoms with Crippen molar-refractivity contribution in [2.75, 3.05) is 13.6 Å². The van der Waals surface area contributed by atoms with Crippen molar-refractivity contribution in [3.05, 3.63) is 30.1 Å². The predicted octanol–water partition coefficient (Wildman–Crippen LogP) is 0.792. The van der Waals surface area contributed by atoms with Crippen molar-refractivity contribution in [3.8, 4) is 0 Å². The monoisotopic (exact) mass is 219 g/mol. The van der Waals surface area contributed by atoms with Gasteiger partial charge in [0.25, 0.3) is 0 Å². The Kier molecular flexibility index (Phi) is 3.51. The SMILES string of the molecule is CN(Cc1ccccn1)C(=O)C1CCCN1. The van der Waals surface area contributed by atoms with Gasteiger partial charge in [0.2, 0.25) is 5.91 Å². The smallest absolute Gasteiger partial charge is 0.239 e. The zero-order chi connectivity index (χ0) is 11.4. The molecule has 1 saturated heterocycles. The van der Waals surface area contributed by atoms with Gasteiger partial charge in [0.15, 0.2) is 0 Å². The lowest BCUT2D eigenvalue weighted by Crippen LogP contribution is -2.41. The molecule has 1 atom stereocenters. The van der Waals surface area contributed by atoms with Gasteiger partial charge in [-0.3, -0.25) is 9.78 Å². The second-order valence-corrected chi connectivity index (χ2v) is 4.16. The van der Waals surface area contributed by atoms with Crippen LogP contribution in [0.15, 0.2) is 24.4 Å². The summed E-state index contributed by atoms with van der Waals surface area (Å²) in [6.07, 6.45) is 3.79. The molecule has 0 saturated carbocycles. The highest BCUT2D eigenvalue weighted by molar-refractivity contribution is 5.81. The van der Waals surface area contributed by atoms with Crippen LogP contribution in [-0.2, 0) is 11.3 Å². The lowest BCUT2D eigenvalue weighted by molar-refractivity contribution is -0.132. The molecule has 1 aromatic heterocycles. The van der Waals surface area contributed by atoms with Crippen molar-refractivity contribution in [1.82, 2.24) is 15.2 Å². The van der Waals surface area contributed by atoms with Gasteiger partial charge in [0, 0.05) is 13.2 Å². The Labute approximate surface area is 95.7 Å². The van der Waals surface area contributed by atoms with E-state index in [4.69, 9.17) is 0 Å². The van der Waals surface area contributed by atoms with Crippen LogP contribution >= 0.6 is 0 Å². The number of aromatic nitrogens is 1. The quantitative estimate of drug-likeness (QED) is 0.817. The lowest BCUT2D eigenvalue weighted by atomic mass is 10.2. The minimum atomic E-state index is 0.00807. The van der Waals surface area contributed by atoms with Gasteiger partial charge in [-0.05, 0) is 31.5 Å². The fraction of sp³-hybridized carbons (Fsp3) is 0.500. The van der Waals surface area contributed by atoms with Crippen LogP contribution in [0.3, 0.4) is 0 Å². The predicted molar refractivity (Wildman–Crippen MR) is 61.7 cm³/mol. The number of carbonyl (C=O) groups is 1. The summed E-state index contributed by atoms with van der Waals surface area (Å²) >= 11 is 0. The van der Waals surface area contributed by atoms with Crippen molar-refractivity contribution >= 4 is 5.91 Å². The first-order chi connectivity index (χ1) is 7.77. The zero-order valence-corrected chi connectivity index (χ0v) is 9.52.